The predicted octanol–water partition coefficient (Wildman–Crippen LogP) is 4.93. The van der Waals surface area contributed by atoms with E-state index in [0.29, 0.717) is 22.3 Å². The fourth-order valence-corrected chi connectivity index (χ4v) is 4.74. The molecule has 1 amide bonds. The number of carboxylic acid groups (broad SMARTS) is 2. The zero-order chi connectivity index (χ0) is 29.3. The largest absolute Gasteiger partial charge is 0.481 e. The van der Waals surface area contributed by atoms with Gasteiger partial charge in [0, 0.05) is 24.2 Å². The molecule has 0 bridgehead atoms. The third kappa shape index (κ3) is 5.81. The summed E-state index contributed by atoms with van der Waals surface area (Å²) < 4.78 is 39.9. The Hall–Kier alpha value is -5.00. The second kappa shape index (κ2) is 10.9. The van der Waals surface area contributed by atoms with Gasteiger partial charge in [0.15, 0.2) is 5.82 Å². The summed E-state index contributed by atoms with van der Waals surface area (Å²) in [5.41, 5.74) is 1.59. The van der Waals surface area contributed by atoms with Gasteiger partial charge >= 0.3 is 18.1 Å². The molecule has 1 aliphatic heterocycles. The minimum atomic E-state index is -4.53. The van der Waals surface area contributed by atoms with Crippen LogP contribution in [0.2, 0.25) is 0 Å². The summed E-state index contributed by atoms with van der Waals surface area (Å²) in [7, 11) is 0. The maximum absolute atomic E-state index is 13.3. The molecule has 1 aromatic heterocycles. The van der Waals surface area contributed by atoms with Gasteiger partial charge in [-0.1, -0.05) is 42.5 Å². The average Bonchev–Trinajstić information content (AvgIpc) is 3.42. The monoisotopic (exact) mass is 564 g/mol. The van der Waals surface area contributed by atoms with Crippen molar-refractivity contribution in [2.75, 3.05) is 11.9 Å². The highest BCUT2D eigenvalue weighted by atomic mass is 19.4. The number of hydrogen-bond donors (Lipinski definition) is 3. The molecule has 3 N–H and O–H groups in total. The lowest BCUT2D eigenvalue weighted by Crippen LogP contribution is -2.40. The first kappa shape index (κ1) is 27.6. The van der Waals surface area contributed by atoms with Gasteiger partial charge in [0.05, 0.1) is 22.5 Å². The Labute approximate surface area is 231 Å². The van der Waals surface area contributed by atoms with Crippen LogP contribution in [0.1, 0.15) is 27.9 Å². The molecular weight excluding hydrogens is 541 g/mol. The zero-order valence-electron chi connectivity index (χ0n) is 21.3. The van der Waals surface area contributed by atoms with Crippen LogP contribution in [-0.4, -0.2) is 55.5 Å². The third-order valence-electron chi connectivity index (χ3n) is 6.90. The molecule has 0 spiro atoms. The number of nitrogens with one attached hydrogen (secondary N) is 1. The number of rotatable bonds is 7. The van der Waals surface area contributed by atoms with Gasteiger partial charge in [-0.15, -0.1) is 0 Å². The minimum absolute atomic E-state index is 0.0706. The number of fused-ring (bicyclic) bond motifs is 1. The quantitative estimate of drug-likeness (QED) is 0.288. The van der Waals surface area contributed by atoms with Crippen LogP contribution in [0.25, 0.3) is 22.3 Å². The second-order valence-corrected chi connectivity index (χ2v) is 9.62. The van der Waals surface area contributed by atoms with E-state index in [4.69, 9.17) is 0 Å². The molecule has 1 saturated heterocycles. The number of carbonyl (C=O) groups excluding carboxylic acids is 1. The number of hydrogen-bond acceptors (Lipinski definition) is 6. The van der Waals surface area contributed by atoms with Crippen LogP contribution in [0.4, 0.5) is 19.0 Å². The summed E-state index contributed by atoms with van der Waals surface area (Å²) in [6.45, 7) is -0.0105. The number of likely N-dealkylation sites (tertiary alicyclic amines) is 1. The fourth-order valence-electron chi connectivity index (χ4n) is 4.74. The molecule has 3 aromatic carbocycles. The van der Waals surface area contributed by atoms with Gasteiger partial charge in [-0.05, 0) is 42.3 Å². The van der Waals surface area contributed by atoms with Crippen LogP contribution in [0.15, 0.2) is 72.8 Å². The van der Waals surface area contributed by atoms with E-state index in [1.54, 1.807) is 24.3 Å². The van der Waals surface area contributed by atoms with E-state index >= 15 is 0 Å². The highest BCUT2D eigenvalue weighted by Crippen LogP contribution is 2.33. The van der Waals surface area contributed by atoms with E-state index in [0.717, 1.165) is 17.0 Å². The van der Waals surface area contributed by atoms with Crippen molar-refractivity contribution in [2.24, 2.45) is 5.92 Å². The molecule has 0 radical (unpaired) electrons. The van der Waals surface area contributed by atoms with Gasteiger partial charge in [0.2, 0.25) is 0 Å². The first-order valence-electron chi connectivity index (χ1n) is 12.5. The predicted molar refractivity (Wildman–Crippen MR) is 142 cm³/mol. The van der Waals surface area contributed by atoms with Gasteiger partial charge in [-0.2, -0.15) is 13.2 Å². The van der Waals surface area contributed by atoms with Crippen LogP contribution in [-0.2, 0) is 22.3 Å². The molecule has 9 nitrogen and oxygen atoms in total. The Morgan fingerprint density at radius 1 is 0.902 bits per heavy atom. The van der Waals surface area contributed by atoms with Crippen LogP contribution < -0.4 is 5.32 Å². The highest BCUT2D eigenvalue weighted by molar-refractivity contribution is 5.97. The first-order chi connectivity index (χ1) is 19.5. The molecule has 0 saturated carbocycles. The van der Waals surface area contributed by atoms with Crippen LogP contribution in [0.3, 0.4) is 0 Å². The average molecular weight is 565 g/mol. The Balaban J connectivity index is 1.39. The van der Waals surface area contributed by atoms with Gasteiger partial charge < -0.3 is 20.4 Å². The van der Waals surface area contributed by atoms with Crippen molar-refractivity contribution < 1.29 is 37.8 Å². The van der Waals surface area contributed by atoms with Gasteiger partial charge in [-0.3, -0.25) is 9.59 Å². The minimum Gasteiger partial charge on any atom is -0.481 e. The van der Waals surface area contributed by atoms with Crippen molar-refractivity contribution in [3.63, 3.8) is 0 Å². The summed E-state index contributed by atoms with van der Waals surface area (Å²) >= 11 is 0. The number of aliphatic carboxylic acids is 2. The molecule has 1 aliphatic rings. The van der Waals surface area contributed by atoms with Crippen molar-refractivity contribution in [1.29, 1.82) is 0 Å². The Morgan fingerprint density at radius 3 is 2.24 bits per heavy atom. The van der Waals surface area contributed by atoms with Gasteiger partial charge in [0.1, 0.15) is 11.7 Å². The molecule has 2 atom stereocenters. The molecule has 2 unspecified atom stereocenters. The molecule has 41 heavy (non-hydrogen) atoms. The van der Waals surface area contributed by atoms with Crippen LogP contribution in [0.5, 0.6) is 0 Å². The van der Waals surface area contributed by atoms with E-state index < -0.39 is 41.5 Å². The summed E-state index contributed by atoms with van der Waals surface area (Å²) in [5.74, 6) is -3.71. The van der Waals surface area contributed by atoms with E-state index in [9.17, 15) is 37.8 Å². The highest BCUT2D eigenvalue weighted by Gasteiger charge is 2.42. The summed E-state index contributed by atoms with van der Waals surface area (Å²) in [5, 5.41) is 21.9. The van der Waals surface area contributed by atoms with Crippen molar-refractivity contribution >= 4 is 34.7 Å². The maximum atomic E-state index is 13.3. The molecule has 0 aliphatic carbocycles. The number of halogens is 3. The zero-order valence-corrected chi connectivity index (χ0v) is 21.3. The van der Waals surface area contributed by atoms with Gasteiger partial charge in [0.25, 0.3) is 5.91 Å². The lowest BCUT2D eigenvalue weighted by molar-refractivity contribution is -0.142. The molecule has 12 heteroatoms. The first-order valence-corrected chi connectivity index (χ1v) is 12.5. The number of anilines is 1. The third-order valence-corrected chi connectivity index (χ3v) is 6.90. The molecule has 4 aromatic rings. The van der Waals surface area contributed by atoms with E-state index in [2.05, 4.69) is 15.3 Å². The molecule has 5 rings (SSSR count). The van der Waals surface area contributed by atoms with E-state index in [1.165, 1.54) is 18.2 Å². The molecular formula is C29H23F3N4O5. The second-order valence-electron chi connectivity index (χ2n) is 9.62. The normalized spacial score (nSPS) is 17.0. The maximum Gasteiger partial charge on any atom is 0.416 e. The molecule has 1 fully saturated rings. The Kier molecular flexibility index (Phi) is 7.31. The smallest absolute Gasteiger partial charge is 0.416 e. The number of carbonyl (C=O) groups is 3. The Morgan fingerprint density at radius 2 is 1.61 bits per heavy atom. The van der Waals surface area contributed by atoms with Crippen molar-refractivity contribution in [3.05, 3.63) is 89.5 Å². The molecule has 210 valence electrons. The Bertz CT molecular complexity index is 1630. The number of carboxylic acids is 2. The number of aromatic nitrogens is 2. The van der Waals surface area contributed by atoms with E-state index in [-0.39, 0.29) is 36.4 Å². The summed E-state index contributed by atoms with van der Waals surface area (Å²) in [4.78, 5) is 46.0. The number of alkyl halides is 3. The van der Waals surface area contributed by atoms with Crippen molar-refractivity contribution in [2.45, 2.75) is 25.2 Å². The van der Waals surface area contributed by atoms with Gasteiger partial charge in [-0.25, -0.2) is 14.8 Å². The van der Waals surface area contributed by atoms with Crippen LogP contribution in [0, 0.1) is 5.92 Å². The number of amides is 1. The fraction of sp³-hybridized carbons (Fsp3) is 0.207. The van der Waals surface area contributed by atoms with Crippen molar-refractivity contribution in [1.82, 2.24) is 14.9 Å². The number of benzene rings is 3. The topological polar surface area (TPSA) is 133 Å². The number of nitrogens with zero attached hydrogens (tertiary/aromatic N) is 3. The van der Waals surface area contributed by atoms with E-state index in [1.807, 2.05) is 18.2 Å². The van der Waals surface area contributed by atoms with Crippen LogP contribution >= 0.6 is 0 Å². The SMILES string of the molecule is O=C(O)C1CC(C(=O)O)N(C(=O)c2ccc(CNc3nc4cc(C(F)(F)F)ccc4nc3-c3ccccc3)cc2)C1. The van der Waals surface area contributed by atoms with Crippen molar-refractivity contribution in [3.8, 4) is 11.3 Å². The molecule has 2 heterocycles. The lowest BCUT2D eigenvalue weighted by Gasteiger charge is -2.21. The standard InChI is InChI=1S/C29H23F3N4O5/c30-29(31,32)20-10-11-21-22(13-20)35-25(24(34-21)17-4-2-1-3-5-17)33-14-16-6-8-18(9-7-16)26(37)36-15-19(27(38)39)12-23(36)28(40)41/h1-11,13,19,23H,12,14-15H2,(H,33,35)(H,38,39)(H,40,41). The summed E-state index contributed by atoms with van der Waals surface area (Å²) in [6.07, 6.45) is -4.70. The lowest BCUT2D eigenvalue weighted by atomic mass is 10.1. The summed E-state index contributed by atoms with van der Waals surface area (Å²) in [6, 6.07) is 17.3.